The van der Waals surface area contributed by atoms with Crippen molar-refractivity contribution in [2.75, 3.05) is 25.0 Å². The number of nitrogens with one attached hydrogen (secondary N) is 2. The normalized spacial score (nSPS) is 24.4. The molecule has 2 N–H and O–H groups in total. The summed E-state index contributed by atoms with van der Waals surface area (Å²) in [5.74, 6) is 1.34. The largest absolute Gasteiger partial charge is 0.374 e. The number of fused-ring (bicyclic) bond motifs is 1. The fraction of sp³-hybridized carbons (Fsp3) is 0.680. The van der Waals surface area contributed by atoms with Gasteiger partial charge in [-0.05, 0) is 74.5 Å². The fourth-order valence-electron chi connectivity index (χ4n) is 5.49. The van der Waals surface area contributed by atoms with Crippen molar-refractivity contribution in [1.82, 2.24) is 10.6 Å². The number of nitrogens with zero attached hydrogens (tertiary/aromatic N) is 1. The van der Waals surface area contributed by atoms with Gasteiger partial charge in [0.05, 0.1) is 0 Å². The van der Waals surface area contributed by atoms with Crippen LogP contribution in [-0.4, -0.2) is 32.0 Å². The zero-order chi connectivity index (χ0) is 20.9. The van der Waals surface area contributed by atoms with E-state index >= 15 is 0 Å². The van der Waals surface area contributed by atoms with Crippen molar-refractivity contribution in [2.45, 2.75) is 70.8 Å². The van der Waals surface area contributed by atoms with Gasteiger partial charge in [-0.25, -0.2) is 0 Å². The number of amides is 2. The highest BCUT2D eigenvalue weighted by molar-refractivity contribution is 5.79. The average molecular weight is 412 g/mol. The van der Waals surface area contributed by atoms with Crippen LogP contribution >= 0.6 is 0 Å². The van der Waals surface area contributed by atoms with Crippen LogP contribution in [0.3, 0.4) is 0 Å². The summed E-state index contributed by atoms with van der Waals surface area (Å²) in [5.41, 5.74) is 3.92. The van der Waals surface area contributed by atoms with E-state index in [0.717, 1.165) is 58.0 Å². The Morgan fingerprint density at radius 1 is 0.933 bits per heavy atom. The molecule has 0 spiro atoms. The topological polar surface area (TPSA) is 61.4 Å². The molecule has 5 nitrogen and oxygen atoms in total. The standard InChI is InChI=1S/C25H37N3O2/c1-28-14-4-7-22-15-19(10-13-23(22)28)17-27-25(30)21-11-8-18(9-12-21)16-26-24(29)20-5-2-3-6-20/h10,13,15,18,20-21H,2-9,11-12,14,16-17H2,1H3,(H,26,29)(H,27,30). The third-order valence-electron chi connectivity index (χ3n) is 7.47. The summed E-state index contributed by atoms with van der Waals surface area (Å²) in [5, 5.41) is 6.34. The molecule has 0 bridgehead atoms. The number of hydrogen-bond acceptors (Lipinski definition) is 3. The van der Waals surface area contributed by atoms with Crippen LogP contribution < -0.4 is 15.5 Å². The molecule has 30 heavy (non-hydrogen) atoms. The number of aryl methyl sites for hydroxylation is 1. The summed E-state index contributed by atoms with van der Waals surface area (Å²) in [4.78, 5) is 27.2. The summed E-state index contributed by atoms with van der Waals surface area (Å²) in [6, 6.07) is 6.60. The third kappa shape index (κ3) is 5.16. The molecule has 0 unspecified atom stereocenters. The van der Waals surface area contributed by atoms with Gasteiger partial charge >= 0.3 is 0 Å². The Balaban J connectivity index is 1.18. The Kier molecular flexibility index (Phi) is 6.96. The van der Waals surface area contributed by atoms with E-state index in [9.17, 15) is 9.59 Å². The van der Waals surface area contributed by atoms with Gasteiger partial charge in [0.25, 0.3) is 0 Å². The van der Waals surface area contributed by atoms with Gasteiger partial charge in [-0.2, -0.15) is 0 Å². The number of benzene rings is 1. The lowest BCUT2D eigenvalue weighted by Crippen LogP contribution is -2.37. The quantitative estimate of drug-likeness (QED) is 0.749. The van der Waals surface area contributed by atoms with Crippen LogP contribution in [0.25, 0.3) is 0 Å². The highest BCUT2D eigenvalue weighted by atomic mass is 16.2. The second-order valence-corrected chi connectivity index (χ2v) is 9.65. The molecule has 164 valence electrons. The zero-order valence-electron chi connectivity index (χ0n) is 18.4. The molecule has 2 fully saturated rings. The lowest BCUT2D eigenvalue weighted by atomic mass is 9.81. The number of rotatable bonds is 6. The first-order valence-electron chi connectivity index (χ1n) is 12.0. The van der Waals surface area contributed by atoms with E-state index in [0.29, 0.717) is 12.5 Å². The monoisotopic (exact) mass is 411 g/mol. The van der Waals surface area contributed by atoms with Gasteiger partial charge in [-0.15, -0.1) is 0 Å². The molecule has 4 rings (SSSR count). The molecule has 1 heterocycles. The summed E-state index contributed by atoms with van der Waals surface area (Å²) in [7, 11) is 2.15. The van der Waals surface area contributed by atoms with Crippen molar-refractivity contribution in [3.63, 3.8) is 0 Å². The maximum absolute atomic E-state index is 12.7. The lowest BCUT2D eigenvalue weighted by molar-refractivity contribution is -0.127. The average Bonchev–Trinajstić information content (AvgIpc) is 3.31. The second-order valence-electron chi connectivity index (χ2n) is 9.65. The highest BCUT2D eigenvalue weighted by Gasteiger charge is 2.28. The summed E-state index contributed by atoms with van der Waals surface area (Å²) >= 11 is 0. The van der Waals surface area contributed by atoms with E-state index in [1.165, 1.54) is 36.1 Å². The first-order chi connectivity index (χ1) is 14.6. The van der Waals surface area contributed by atoms with E-state index in [2.05, 4.69) is 40.8 Å². The van der Waals surface area contributed by atoms with Crippen LogP contribution in [-0.2, 0) is 22.6 Å². The molecule has 5 heteroatoms. The number of carbonyl (C=O) groups is 2. The van der Waals surface area contributed by atoms with E-state index < -0.39 is 0 Å². The predicted octanol–water partition coefficient (Wildman–Crippen LogP) is 3.80. The molecule has 1 aliphatic heterocycles. The second kappa shape index (κ2) is 9.84. The maximum atomic E-state index is 12.7. The minimum atomic E-state index is 0.121. The fourth-order valence-corrected chi connectivity index (χ4v) is 5.49. The molecule has 0 saturated heterocycles. The molecule has 0 aromatic heterocycles. The highest BCUT2D eigenvalue weighted by Crippen LogP contribution is 2.30. The predicted molar refractivity (Wildman–Crippen MR) is 120 cm³/mol. The van der Waals surface area contributed by atoms with Gasteiger partial charge in [0, 0.05) is 44.2 Å². The number of anilines is 1. The maximum Gasteiger partial charge on any atom is 0.223 e. The van der Waals surface area contributed by atoms with Crippen molar-refractivity contribution >= 4 is 17.5 Å². The van der Waals surface area contributed by atoms with E-state index in [1.54, 1.807) is 0 Å². The first-order valence-corrected chi connectivity index (χ1v) is 12.0. The molecule has 0 atom stereocenters. The zero-order valence-corrected chi connectivity index (χ0v) is 18.4. The Hall–Kier alpha value is -2.04. The van der Waals surface area contributed by atoms with Crippen molar-refractivity contribution in [3.05, 3.63) is 29.3 Å². The lowest BCUT2D eigenvalue weighted by Gasteiger charge is -2.29. The van der Waals surface area contributed by atoms with Crippen LogP contribution in [0.4, 0.5) is 5.69 Å². The van der Waals surface area contributed by atoms with E-state index in [4.69, 9.17) is 0 Å². The summed E-state index contributed by atoms with van der Waals surface area (Å²) in [6.45, 7) is 2.52. The Morgan fingerprint density at radius 2 is 1.63 bits per heavy atom. The number of carbonyl (C=O) groups excluding carboxylic acids is 2. The minimum absolute atomic E-state index is 0.121. The molecule has 1 aromatic carbocycles. The van der Waals surface area contributed by atoms with Gasteiger partial charge in [0.1, 0.15) is 0 Å². The third-order valence-corrected chi connectivity index (χ3v) is 7.47. The Labute approximate surface area is 181 Å². The van der Waals surface area contributed by atoms with Gasteiger partial charge in [-0.1, -0.05) is 25.0 Å². The van der Waals surface area contributed by atoms with Crippen LogP contribution in [0.1, 0.15) is 68.9 Å². The van der Waals surface area contributed by atoms with Crippen molar-refractivity contribution in [3.8, 4) is 0 Å². The Bertz CT molecular complexity index is 749. The summed E-state index contributed by atoms with van der Waals surface area (Å²) in [6.07, 6.45) is 10.8. The van der Waals surface area contributed by atoms with Gasteiger partial charge in [0.15, 0.2) is 0 Å². The molecule has 1 aromatic rings. The van der Waals surface area contributed by atoms with E-state index in [-0.39, 0.29) is 23.7 Å². The smallest absolute Gasteiger partial charge is 0.223 e. The molecular formula is C25H37N3O2. The van der Waals surface area contributed by atoms with Crippen LogP contribution in [0.5, 0.6) is 0 Å². The molecule has 3 aliphatic rings. The van der Waals surface area contributed by atoms with Crippen LogP contribution in [0, 0.1) is 17.8 Å². The van der Waals surface area contributed by atoms with E-state index in [1.807, 2.05) is 0 Å². The van der Waals surface area contributed by atoms with Crippen molar-refractivity contribution in [1.29, 1.82) is 0 Å². The van der Waals surface area contributed by atoms with Gasteiger partial charge < -0.3 is 15.5 Å². The number of hydrogen-bond donors (Lipinski definition) is 2. The van der Waals surface area contributed by atoms with Crippen molar-refractivity contribution in [2.24, 2.45) is 17.8 Å². The SMILES string of the molecule is CN1CCCc2cc(CNC(=O)C3CCC(CNC(=O)C4CCCC4)CC3)ccc21. The van der Waals surface area contributed by atoms with Gasteiger partial charge in [0.2, 0.25) is 11.8 Å². The first kappa shape index (κ1) is 21.2. The minimum Gasteiger partial charge on any atom is -0.374 e. The van der Waals surface area contributed by atoms with Crippen LogP contribution in [0.2, 0.25) is 0 Å². The van der Waals surface area contributed by atoms with Crippen LogP contribution in [0.15, 0.2) is 18.2 Å². The molecule has 0 radical (unpaired) electrons. The summed E-state index contributed by atoms with van der Waals surface area (Å²) < 4.78 is 0. The molecule has 2 saturated carbocycles. The van der Waals surface area contributed by atoms with Crippen molar-refractivity contribution < 1.29 is 9.59 Å². The molecule has 2 amide bonds. The Morgan fingerprint density at radius 3 is 2.40 bits per heavy atom. The molecular weight excluding hydrogens is 374 g/mol. The van der Waals surface area contributed by atoms with Gasteiger partial charge in [-0.3, -0.25) is 9.59 Å². The molecule has 2 aliphatic carbocycles.